The zero-order valence-corrected chi connectivity index (χ0v) is 16.6. The number of hydrogen-bond acceptors (Lipinski definition) is 7. The summed E-state index contributed by atoms with van der Waals surface area (Å²) in [6.45, 7) is 5.81. The minimum Gasteiger partial charge on any atom is -0.481 e. The van der Waals surface area contributed by atoms with E-state index in [-0.39, 0.29) is 0 Å². The molecule has 0 radical (unpaired) electrons. The van der Waals surface area contributed by atoms with Gasteiger partial charge in [0.2, 0.25) is 5.88 Å². The average molecular weight is 387 g/mol. The number of aromatic nitrogens is 6. The number of pyridine rings is 2. The minimum atomic E-state index is 0.604. The first-order valence-corrected chi connectivity index (χ1v) is 9.54. The summed E-state index contributed by atoms with van der Waals surface area (Å²) >= 11 is 0. The van der Waals surface area contributed by atoms with E-state index in [0.717, 1.165) is 58.9 Å². The van der Waals surface area contributed by atoms with Gasteiger partial charge in [-0.15, -0.1) is 15.3 Å². The fraction of sp³-hybridized carbons (Fsp3) is 0.286. The number of methoxy groups -OCH3 is 1. The second kappa shape index (κ2) is 6.80. The number of aryl methyl sites for hydroxylation is 1. The van der Waals surface area contributed by atoms with Crippen LogP contribution in [-0.2, 0) is 13.0 Å². The maximum atomic E-state index is 5.15. The molecule has 8 heteroatoms. The first-order chi connectivity index (χ1) is 14.1. The summed E-state index contributed by atoms with van der Waals surface area (Å²) in [4.78, 5) is 11.3. The lowest BCUT2D eigenvalue weighted by Crippen LogP contribution is -2.32. The maximum Gasteiger partial charge on any atom is 0.212 e. The van der Waals surface area contributed by atoms with Crippen LogP contribution in [0.15, 0.2) is 36.9 Å². The van der Waals surface area contributed by atoms with Crippen molar-refractivity contribution in [1.82, 2.24) is 29.8 Å². The normalized spacial score (nSPS) is 13.6. The van der Waals surface area contributed by atoms with Crippen LogP contribution < -0.4 is 9.64 Å². The number of nitrogens with zero attached hydrogens (tertiary/aromatic N) is 7. The third-order valence-corrected chi connectivity index (χ3v) is 5.58. The summed E-state index contributed by atoms with van der Waals surface area (Å²) in [7, 11) is 1.62. The van der Waals surface area contributed by atoms with Crippen molar-refractivity contribution >= 4 is 11.5 Å². The standard InChI is InChI=1S/C21H21N7O/c1-13-14(2)21(26-28-12-24-25-20(13)28)27-7-6-18-17(11-27)8-16(10-22-18)15-4-5-19(29-3)23-9-15/h4-5,8-10,12H,6-7,11H2,1-3H3. The van der Waals surface area contributed by atoms with Gasteiger partial charge in [0.05, 0.1) is 7.11 Å². The van der Waals surface area contributed by atoms with Gasteiger partial charge in [-0.2, -0.15) is 4.52 Å². The van der Waals surface area contributed by atoms with Crippen molar-refractivity contribution < 1.29 is 4.74 Å². The number of ether oxygens (including phenoxy) is 1. The molecule has 29 heavy (non-hydrogen) atoms. The molecule has 0 atom stereocenters. The highest BCUT2D eigenvalue weighted by Crippen LogP contribution is 2.29. The Morgan fingerprint density at radius 2 is 1.90 bits per heavy atom. The van der Waals surface area contributed by atoms with E-state index in [4.69, 9.17) is 14.8 Å². The van der Waals surface area contributed by atoms with Gasteiger partial charge in [0.15, 0.2) is 11.5 Å². The molecule has 0 spiro atoms. The largest absolute Gasteiger partial charge is 0.481 e. The van der Waals surface area contributed by atoms with Crippen LogP contribution in [0.4, 0.5) is 5.82 Å². The highest BCUT2D eigenvalue weighted by atomic mass is 16.5. The summed E-state index contributed by atoms with van der Waals surface area (Å²) in [6.07, 6.45) is 6.28. The molecule has 1 aliphatic rings. The van der Waals surface area contributed by atoms with E-state index in [2.05, 4.69) is 40.0 Å². The van der Waals surface area contributed by atoms with Crippen molar-refractivity contribution in [2.75, 3.05) is 18.6 Å². The quantitative estimate of drug-likeness (QED) is 0.535. The molecule has 0 saturated heterocycles. The average Bonchev–Trinajstić information content (AvgIpc) is 3.24. The van der Waals surface area contributed by atoms with Crippen LogP contribution in [0.5, 0.6) is 5.88 Å². The molecule has 4 aromatic rings. The Morgan fingerprint density at radius 1 is 1.03 bits per heavy atom. The Morgan fingerprint density at radius 3 is 2.69 bits per heavy atom. The zero-order chi connectivity index (χ0) is 20.0. The fourth-order valence-electron chi connectivity index (χ4n) is 3.80. The molecule has 5 heterocycles. The van der Waals surface area contributed by atoms with Gasteiger partial charge < -0.3 is 9.64 Å². The molecule has 146 valence electrons. The van der Waals surface area contributed by atoms with Gasteiger partial charge in [-0.3, -0.25) is 4.98 Å². The molecule has 0 fully saturated rings. The second-order valence-electron chi connectivity index (χ2n) is 7.26. The maximum absolute atomic E-state index is 5.15. The summed E-state index contributed by atoms with van der Waals surface area (Å²) in [5.41, 5.74) is 7.48. The first kappa shape index (κ1) is 17.5. The van der Waals surface area contributed by atoms with Crippen LogP contribution in [0.1, 0.15) is 22.4 Å². The second-order valence-corrected chi connectivity index (χ2v) is 7.26. The summed E-state index contributed by atoms with van der Waals surface area (Å²) in [5.74, 6) is 1.57. The van der Waals surface area contributed by atoms with Gasteiger partial charge in [-0.1, -0.05) is 0 Å². The van der Waals surface area contributed by atoms with E-state index in [1.165, 1.54) is 5.56 Å². The summed E-state index contributed by atoms with van der Waals surface area (Å²) in [6, 6.07) is 6.08. The molecule has 0 aliphatic carbocycles. The smallest absolute Gasteiger partial charge is 0.212 e. The molecule has 1 aliphatic heterocycles. The lowest BCUT2D eigenvalue weighted by atomic mass is 10.0. The Hall–Kier alpha value is -3.55. The summed E-state index contributed by atoms with van der Waals surface area (Å²) < 4.78 is 6.91. The van der Waals surface area contributed by atoms with Gasteiger partial charge in [0.25, 0.3) is 0 Å². The highest BCUT2D eigenvalue weighted by Gasteiger charge is 2.22. The highest BCUT2D eigenvalue weighted by molar-refractivity contribution is 5.64. The predicted octanol–water partition coefficient (Wildman–Crippen LogP) is 2.77. The van der Waals surface area contributed by atoms with Crippen molar-refractivity contribution in [3.8, 4) is 17.0 Å². The number of hydrogen-bond donors (Lipinski definition) is 0. The van der Waals surface area contributed by atoms with Crippen LogP contribution in [0.25, 0.3) is 16.8 Å². The van der Waals surface area contributed by atoms with E-state index >= 15 is 0 Å². The van der Waals surface area contributed by atoms with Gasteiger partial charge in [-0.25, -0.2) is 4.98 Å². The fourth-order valence-corrected chi connectivity index (χ4v) is 3.80. The molecule has 8 nitrogen and oxygen atoms in total. The predicted molar refractivity (Wildman–Crippen MR) is 109 cm³/mol. The minimum absolute atomic E-state index is 0.604. The molecule has 0 saturated carbocycles. The van der Waals surface area contributed by atoms with E-state index in [9.17, 15) is 0 Å². The molecule has 0 bridgehead atoms. The number of rotatable bonds is 3. The van der Waals surface area contributed by atoms with E-state index in [1.54, 1.807) is 18.0 Å². The van der Waals surface area contributed by atoms with E-state index in [0.29, 0.717) is 5.88 Å². The molecule has 0 unspecified atom stereocenters. The van der Waals surface area contributed by atoms with Crippen molar-refractivity contribution in [2.45, 2.75) is 26.8 Å². The molecule has 5 rings (SSSR count). The van der Waals surface area contributed by atoms with Crippen molar-refractivity contribution in [2.24, 2.45) is 0 Å². The number of fused-ring (bicyclic) bond motifs is 2. The topological polar surface area (TPSA) is 81.3 Å². The van der Waals surface area contributed by atoms with Crippen molar-refractivity contribution in [1.29, 1.82) is 0 Å². The molecule has 0 N–H and O–H groups in total. The number of anilines is 1. The molecule has 0 amide bonds. The lowest BCUT2D eigenvalue weighted by molar-refractivity contribution is 0.398. The molecular formula is C21H21N7O. The van der Waals surface area contributed by atoms with E-state index in [1.807, 2.05) is 24.5 Å². The third kappa shape index (κ3) is 2.97. The van der Waals surface area contributed by atoms with Crippen LogP contribution in [-0.4, -0.2) is 43.4 Å². The zero-order valence-electron chi connectivity index (χ0n) is 16.6. The Kier molecular flexibility index (Phi) is 4.12. The molecular weight excluding hydrogens is 366 g/mol. The molecule has 0 aromatic carbocycles. The van der Waals surface area contributed by atoms with Crippen molar-refractivity contribution in [3.63, 3.8) is 0 Å². The lowest BCUT2D eigenvalue weighted by Gasteiger charge is -2.30. The van der Waals surface area contributed by atoms with Crippen LogP contribution in [0.3, 0.4) is 0 Å². The Labute approximate surface area is 168 Å². The van der Waals surface area contributed by atoms with Gasteiger partial charge in [0.1, 0.15) is 6.33 Å². The van der Waals surface area contributed by atoms with Gasteiger partial charge in [0, 0.05) is 65.9 Å². The Balaban J connectivity index is 1.49. The monoisotopic (exact) mass is 387 g/mol. The van der Waals surface area contributed by atoms with Crippen LogP contribution in [0.2, 0.25) is 0 Å². The van der Waals surface area contributed by atoms with Gasteiger partial charge in [-0.05, 0) is 31.5 Å². The third-order valence-electron chi connectivity index (χ3n) is 5.58. The SMILES string of the molecule is COc1ccc(-c2cnc3c(c2)CN(c2nn4cnnc4c(C)c2C)CC3)cn1. The summed E-state index contributed by atoms with van der Waals surface area (Å²) in [5, 5.41) is 12.9. The molecule has 4 aromatic heterocycles. The van der Waals surface area contributed by atoms with Crippen LogP contribution >= 0.6 is 0 Å². The van der Waals surface area contributed by atoms with E-state index < -0.39 is 0 Å². The van der Waals surface area contributed by atoms with Crippen LogP contribution in [0, 0.1) is 13.8 Å². The van der Waals surface area contributed by atoms with Crippen molar-refractivity contribution in [3.05, 3.63) is 59.3 Å². The first-order valence-electron chi connectivity index (χ1n) is 9.54. The van der Waals surface area contributed by atoms with Gasteiger partial charge >= 0.3 is 0 Å². The Bertz CT molecular complexity index is 1200.